The maximum Gasteiger partial charge on any atom is 0.261 e. The lowest BCUT2D eigenvalue weighted by molar-refractivity contribution is 0.109. The third-order valence-electron chi connectivity index (χ3n) is 6.72. The molecule has 1 aliphatic heterocycles. The van der Waals surface area contributed by atoms with Crippen molar-refractivity contribution in [3.8, 4) is 0 Å². The average Bonchev–Trinajstić information content (AvgIpc) is 2.74. The fraction of sp³-hybridized carbons (Fsp3) is 0.520. The number of nitrogens with zero attached hydrogens (tertiary/aromatic N) is 1. The van der Waals surface area contributed by atoms with Crippen LogP contribution in [-0.4, -0.2) is 33.0 Å². The predicted molar refractivity (Wildman–Crippen MR) is 125 cm³/mol. The molecule has 1 fully saturated rings. The maximum absolute atomic E-state index is 12.7. The first-order valence-corrected chi connectivity index (χ1v) is 12.7. The van der Waals surface area contributed by atoms with Crippen LogP contribution in [0.4, 0.5) is 5.69 Å². The quantitative estimate of drug-likeness (QED) is 0.524. The van der Waals surface area contributed by atoms with E-state index in [2.05, 4.69) is 36.5 Å². The first-order chi connectivity index (χ1) is 14.3. The van der Waals surface area contributed by atoms with Crippen molar-refractivity contribution in [2.75, 3.05) is 24.4 Å². The largest absolute Gasteiger partial charge is 0.303 e. The van der Waals surface area contributed by atoms with Crippen molar-refractivity contribution in [2.24, 2.45) is 5.92 Å². The Labute approximate surface area is 182 Å². The molecule has 0 aliphatic carbocycles. The molecule has 1 aliphatic rings. The van der Waals surface area contributed by atoms with Crippen LogP contribution in [0.15, 0.2) is 59.5 Å². The summed E-state index contributed by atoms with van der Waals surface area (Å²) in [6.45, 7) is 10.3. The molecule has 0 amide bonds. The van der Waals surface area contributed by atoms with Gasteiger partial charge >= 0.3 is 0 Å². The molecular weight excluding hydrogens is 392 g/mol. The standard InChI is InChI=1S/C25H36N2O2S/c1-4-5-6-10-17-27-18-16-25(3,21(2)20-27)22-12-11-13-23(19-22)26-30(28,29)24-14-8-7-9-15-24/h7-9,11-15,19,21,26H,4-6,10,16-18,20H2,1-3H3/t21-,25-/m0/s1. The lowest BCUT2D eigenvalue weighted by atomic mass is 9.68. The first-order valence-electron chi connectivity index (χ1n) is 11.3. The summed E-state index contributed by atoms with van der Waals surface area (Å²) in [6, 6.07) is 16.5. The highest BCUT2D eigenvalue weighted by molar-refractivity contribution is 7.92. The first kappa shape index (κ1) is 22.8. The van der Waals surface area contributed by atoms with E-state index in [4.69, 9.17) is 0 Å². The molecule has 0 aromatic heterocycles. The minimum absolute atomic E-state index is 0.0497. The van der Waals surface area contributed by atoms with Crippen LogP contribution in [0.25, 0.3) is 0 Å². The van der Waals surface area contributed by atoms with E-state index in [0.29, 0.717) is 11.6 Å². The number of hydrogen-bond acceptors (Lipinski definition) is 3. The number of likely N-dealkylation sites (tertiary alicyclic amines) is 1. The molecule has 2 aromatic carbocycles. The summed E-state index contributed by atoms with van der Waals surface area (Å²) in [7, 11) is -3.58. The molecular formula is C25H36N2O2S. The van der Waals surface area contributed by atoms with Gasteiger partial charge in [-0.2, -0.15) is 0 Å². The van der Waals surface area contributed by atoms with Crippen molar-refractivity contribution in [3.05, 3.63) is 60.2 Å². The molecule has 1 heterocycles. The maximum atomic E-state index is 12.7. The molecule has 0 radical (unpaired) electrons. The lowest BCUT2D eigenvalue weighted by Gasteiger charge is -2.45. The van der Waals surface area contributed by atoms with Gasteiger partial charge < -0.3 is 4.90 Å². The van der Waals surface area contributed by atoms with Crippen molar-refractivity contribution in [1.82, 2.24) is 4.90 Å². The summed E-state index contributed by atoms with van der Waals surface area (Å²) < 4.78 is 28.2. The molecule has 5 heteroatoms. The van der Waals surface area contributed by atoms with Crippen LogP contribution in [-0.2, 0) is 15.4 Å². The van der Waals surface area contributed by atoms with Gasteiger partial charge in [0.2, 0.25) is 0 Å². The third-order valence-corrected chi connectivity index (χ3v) is 8.12. The average molecular weight is 429 g/mol. The van der Waals surface area contributed by atoms with Crippen LogP contribution in [0.3, 0.4) is 0 Å². The summed E-state index contributed by atoms with van der Waals surface area (Å²) in [5.41, 5.74) is 1.90. The molecule has 1 N–H and O–H groups in total. The number of hydrogen-bond donors (Lipinski definition) is 1. The van der Waals surface area contributed by atoms with Crippen LogP contribution < -0.4 is 4.72 Å². The topological polar surface area (TPSA) is 49.4 Å². The minimum Gasteiger partial charge on any atom is -0.303 e. The Morgan fingerprint density at radius 2 is 1.83 bits per heavy atom. The van der Waals surface area contributed by atoms with Crippen molar-refractivity contribution in [3.63, 3.8) is 0 Å². The number of nitrogens with one attached hydrogen (secondary N) is 1. The molecule has 0 bridgehead atoms. The lowest BCUT2D eigenvalue weighted by Crippen LogP contribution is -2.47. The van der Waals surface area contributed by atoms with Crippen molar-refractivity contribution >= 4 is 15.7 Å². The Kier molecular flexibility index (Phi) is 7.59. The summed E-state index contributed by atoms with van der Waals surface area (Å²) >= 11 is 0. The van der Waals surface area contributed by atoms with Crippen LogP contribution in [0.2, 0.25) is 0 Å². The molecule has 3 rings (SSSR count). The molecule has 1 saturated heterocycles. The van der Waals surface area contributed by atoms with E-state index in [1.807, 2.05) is 24.3 Å². The van der Waals surface area contributed by atoms with Crippen molar-refractivity contribution in [1.29, 1.82) is 0 Å². The second-order valence-electron chi connectivity index (χ2n) is 8.93. The van der Waals surface area contributed by atoms with E-state index in [1.165, 1.54) is 37.8 Å². The normalized spacial score (nSPS) is 22.7. The molecule has 4 nitrogen and oxygen atoms in total. The van der Waals surface area contributed by atoms with Crippen LogP contribution in [0, 0.1) is 5.92 Å². The Morgan fingerprint density at radius 1 is 1.07 bits per heavy atom. The van der Waals surface area contributed by atoms with Crippen molar-refractivity contribution in [2.45, 2.75) is 63.2 Å². The third kappa shape index (κ3) is 5.44. The zero-order valence-corrected chi connectivity index (χ0v) is 19.4. The second kappa shape index (κ2) is 9.97. The Balaban J connectivity index is 1.69. The highest BCUT2D eigenvalue weighted by Gasteiger charge is 2.37. The SMILES string of the molecule is CCCCCCN1CC[C@](C)(c2cccc(NS(=O)(=O)c3ccccc3)c2)[C@@H](C)C1. The predicted octanol–water partition coefficient (Wildman–Crippen LogP) is 5.67. The van der Waals surface area contributed by atoms with Crippen LogP contribution >= 0.6 is 0 Å². The smallest absolute Gasteiger partial charge is 0.261 e. The van der Waals surface area contributed by atoms with Gasteiger partial charge in [-0.05, 0) is 67.1 Å². The summed E-state index contributed by atoms with van der Waals surface area (Å²) in [4.78, 5) is 2.88. The fourth-order valence-corrected chi connectivity index (χ4v) is 5.53. The van der Waals surface area contributed by atoms with Gasteiger partial charge in [0.15, 0.2) is 0 Å². The van der Waals surface area contributed by atoms with Gasteiger partial charge in [0, 0.05) is 12.2 Å². The summed E-state index contributed by atoms with van der Waals surface area (Å²) in [5, 5.41) is 0. The highest BCUT2D eigenvalue weighted by Crippen LogP contribution is 2.40. The zero-order valence-electron chi connectivity index (χ0n) is 18.6. The number of rotatable bonds is 9. The van der Waals surface area contributed by atoms with Gasteiger partial charge in [-0.3, -0.25) is 4.72 Å². The van der Waals surface area contributed by atoms with Gasteiger partial charge in [-0.25, -0.2) is 8.42 Å². The van der Waals surface area contributed by atoms with Gasteiger partial charge in [-0.1, -0.05) is 70.4 Å². The van der Waals surface area contributed by atoms with E-state index >= 15 is 0 Å². The molecule has 164 valence electrons. The van der Waals surface area contributed by atoms with E-state index in [-0.39, 0.29) is 10.3 Å². The zero-order chi connectivity index (χ0) is 21.6. The number of unbranched alkanes of at least 4 members (excludes halogenated alkanes) is 3. The Bertz CT molecular complexity index is 914. The second-order valence-corrected chi connectivity index (χ2v) is 10.6. The van der Waals surface area contributed by atoms with Gasteiger partial charge in [-0.15, -0.1) is 0 Å². The fourth-order valence-electron chi connectivity index (χ4n) is 4.46. The Hall–Kier alpha value is -1.85. The molecule has 2 aromatic rings. The summed E-state index contributed by atoms with van der Waals surface area (Å²) in [5.74, 6) is 0.512. The van der Waals surface area contributed by atoms with Gasteiger partial charge in [0.05, 0.1) is 4.90 Å². The van der Waals surface area contributed by atoms with E-state index < -0.39 is 10.0 Å². The van der Waals surface area contributed by atoms with E-state index in [9.17, 15) is 8.42 Å². The minimum atomic E-state index is -3.58. The molecule has 0 unspecified atom stereocenters. The Morgan fingerprint density at radius 3 is 2.53 bits per heavy atom. The molecule has 30 heavy (non-hydrogen) atoms. The molecule has 0 saturated carbocycles. The van der Waals surface area contributed by atoms with E-state index in [1.54, 1.807) is 24.3 Å². The van der Waals surface area contributed by atoms with Crippen LogP contribution in [0.1, 0.15) is 58.4 Å². The highest BCUT2D eigenvalue weighted by atomic mass is 32.2. The number of benzene rings is 2. The van der Waals surface area contributed by atoms with Crippen molar-refractivity contribution < 1.29 is 8.42 Å². The summed E-state index contributed by atoms with van der Waals surface area (Å²) in [6.07, 6.45) is 6.30. The number of anilines is 1. The number of piperidine rings is 1. The monoisotopic (exact) mass is 428 g/mol. The number of sulfonamides is 1. The van der Waals surface area contributed by atoms with Gasteiger partial charge in [0.1, 0.15) is 0 Å². The molecule has 2 atom stereocenters. The van der Waals surface area contributed by atoms with E-state index in [0.717, 1.165) is 19.5 Å². The van der Waals surface area contributed by atoms with Crippen LogP contribution in [0.5, 0.6) is 0 Å². The van der Waals surface area contributed by atoms with Gasteiger partial charge in [0.25, 0.3) is 10.0 Å². The molecule has 0 spiro atoms.